The lowest BCUT2D eigenvalue weighted by atomic mass is 10.1. The van der Waals surface area contributed by atoms with E-state index in [2.05, 4.69) is 9.88 Å². The normalized spacial score (nSPS) is 19.3. The summed E-state index contributed by atoms with van der Waals surface area (Å²) in [4.78, 5) is 26.2. The number of fused-ring (bicyclic) bond motifs is 1. The molecule has 0 unspecified atom stereocenters. The van der Waals surface area contributed by atoms with Gasteiger partial charge in [-0.15, -0.1) is 0 Å². The quantitative estimate of drug-likeness (QED) is 0.912. The molecule has 0 aliphatic carbocycles. The Bertz CT molecular complexity index is 559. The monoisotopic (exact) mass is 307 g/mol. The Morgan fingerprint density at radius 3 is 2.68 bits per heavy atom. The molecular weight excluding hydrogens is 282 g/mol. The average Bonchev–Trinajstić information content (AvgIpc) is 2.85. The van der Waals surface area contributed by atoms with Gasteiger partial charge in [-0.3, -0.25) is 4.79 Å². The van der Waals surface area contributed by atoms with Gasteiger partial charge in [-0.2, -0.15) is 0 Å². The number of aromatic nitrogens is 1. The number of amides is 2. The summed E-state index contributed by atoms with van der Waals surface area (Å²) >= 11 is 0. The maximum absolute atomic E-state index is 12.6. The van der Waals surface area contributed by atoms with E-state index in [1.54, 1.807) is 32.6 Å². The van der Waals surface area contributed by atoms with Crippen molar-refractivity contribution in [3.05, 3.63) is 24.0 Å². The van der Waals surface area contributed by atoms with Gasteiger partial charge in [0.25, 0.3) is 0 Å². The Labute approximate surface area is 131 Å². The van der Waals surface area contributed by atoms with E-state index in [0.717, 1.165) is 12.2 Å². The maximum atomic E-state index is 12.6. The summed E-state index contributed by atoms with van der Waals surface area (Å²) < 4.78 is 7.34. The van der Waals surface area contributed by atoms with Gasteiger partial charge < -0.3 is 19.5 Å². The molecule has 2 amide bonds. The van der Waals surface area contributed by atoms with E-state index >= 15 is 0 Å². The second-order valence-electron chi connectivity index (χ2n) is 6.70. The molecule has 0 aromatic carbocycles. The van der Waals surface area contributed by atoms with Crippen molar-refractivity contribution < 1.29 is 14.3 Å². The fourth-order valence-electron chi connectivity index (χ4n) is 2.67. The molecule has 0 saturated carbocycles. The van der Waals surface area contributed by atoms with Gasteiger partial charge in [-0.1, -0.05) is 0 Å². The van der Waals surface area contributed by atoms with E-state index < -0.39 is 17.7 Å². The van der Waals surface area contributed by atoms with Gasteiger partial charge in [0.15, 0.2) is 0 Å². The molecule has 2 atom stereocenters. The van der Waals surface area contributed by atoms with Gasteiger partial charge in [0, 0.05) is 25.0 Å². The zero-order valence-electron chi connectivity index (χ0n) is 13.9. The molecule has 0 radical (unpaired) electrons. The topological polar surface area (TPSA) is 63.6 Å². The van der Waals surface area contributed by atoms with Crippen molar-refractivity contribution in [2.45, 2.75) is 58.8 Å². The standard InChI is InChI=1S/C16H25N3O3/c1-11(17-15(21)22-16(3,4)5)14(20)19-10-9-18-8-6-7-13(18)12(19)2/h6-8,11-12H,9-10H2,1-5H3,(H,17,21)/t11-,12+/m1/s1. The van der Waals surface area contributed by atoms with Crippen LogP contribution in [0.3, 0.4) is 0 Å². The lowest BCUT2D eigenvalue weighted by Gasteiger charge is -2.36. The Hall–Kier alpha value is -1.98. The minimum Gasteiger partial charge on any atom is -0.444 e. The molecule has 1 N–H and O–H groups in total. The van der Waals surface area contributed by atoms with Crippen LogP contribution in [-0.4, -0.2) is 39.7 Å². The van der Waals surface area contributed by atoms with Crippen LogP contribution in [0.2, 0.25) is 0 Å². The maximum Gasteiger partial charge on any atom is 0.408 e. The van der Waals surface area contributed by atoms with Gasteiger partial charge in [-0.25, -0.2) is 4.79 Å². The molecule has 2 rings (SSSR count). The first-order chi connectivity index (χ1) is 10.2. The zero-order valence-corrected chi connectivity index (χ0v) is 13.9. The van der Waals surface area contributed by atoms with Crippen molar-refractivity contribution in [2.75, 3.05) is 6.54 Å². The summed E-state index contributed by atoms with van der Waals surface area (Å²) in [7, 11) is 0. The second-order valence-corrected chi connectivity index (χ2v) is 6.70. The third kappa shape index (κ3) is 3.61. The Morgan fingerprint density at radius 1 is 1.36 bits per heavy atom. The highest BCUT2D eigenvalue weighted by Gasteiger charge is 2.31. The summed E-state index contributed by atoms with van der Waals surface area (Å²) in [6, 6.07) is 3.40. The van der Waals surface area contributed by atoms with Crippen LogP contribution in [-0.2, 0) is 16.1 Å². The van der Waals surface area contributed by atoms with Gasteiger partial charge >= 0.3 is 6.09 Å². The highest BCUT2D eigenvalue weighted by atomic mass is 16.6. The molecule has 0 fully saturated rings. The first kappa shape index (κ1) is 16.4. The number of rotatable bonds is 2. The molecule has 1 aromatic heterocycles. The SMILES string of the molecule is C[C@@H](NC(=O)OC(C)(C)C)C(=O)N1CCn2cccc2[C@@H]1C. The lowest BCUT2D eigenvalue weighted by Crippen LogP contribution is -2.51. The van der Waals surface area contributed by atoms with E-state index in [-0.39, 0.29) is 11.9 Å². The average molecular weight is 307 g/mol. The van der Waals surface area contributed by atoms with Crippen LogP contribution < -0.4 is 5.32 Å². The molecule has 0 saturated heterocycles. The molecule has 22 heavy (non-hydrogen) atoms. The highest BCUT2D eigenvalue weighted by Crippen LogP contribution is 2.25. The van der Waals surface area contributed by atoms with Crippen LogP contribution in [0.15, 0.2) is 18.3 Å². The van der Waals surface area contributed by atoms with E-state index in [1.165, 1.54) is 0 Å². The minimum absolute atomic E-state index is 0.000800. The highest BCUT2D eigenvalue weighted by molar-refractivity contribution is 5.85. The summed E-state index contributed by atoms with van der Waals surface area (Å²) in [5.74, 6) is -0.0918. The fourth-order valence-corrected chi connectivity index (χ4v) is 2.67. The molecule has 2 heterocycles. The molecular formula is C16H25N3O3. The van der Waals surface area contributed by atoms with Crippen molar-refractivity contribution in [1.29, 1.82) is 0 Å². The largest absolute Gasteiger partial charge is 0.444 e. The van der Waals surface area contributed by atoms with Crippen LogP contribution in [0, 0.1) is 0 Å². The van der Waals surface area contributed by atoms with Crippen LogP contribution in [0.25, 0.3) is 0 Å². The van der Waals surface area contributed by atoms with Crippen LogP contribution >= 0.6 is 0 Å². The number of ether oxygens (including phenoxy) is 1. The summed E-state index contributed by atoms with van der Waals surface area (Å²) in [5.41, 5.74) is 0.538. The fraction of sp³-hybridized carbons (Fsp3) is 0.625. The first-order valence-electron chi connectivity index (χ1n) is 7.64. The minimum atomic E-state index is -0.612. The first-order valence-corrected chi connectivity index (χ1v) is 7.64. The molecule has 6 heteroatoms. The number of hydrogen-bond acceptors (Lipinski definition) is 3. The molecule has 122 valence electrons. The second kappa shape index (κ2) is 6.02. The number of alkyl carbamates (subject to hydrolysis) is 1. The van der Waals surface area contributed by atoms with Crippen molar-refractivity contribution in [1.82, 2.24) is 14.8 Å². The van der Waals surface area contributed by atoms with Crippen LogP contribution in [0.5, 0.6) is 0 Å². The number of carbonyl (C=O) groups excluding carboxylic acids is 2. The zero-order chi connectivity index (χ0) is 16.5. The predicted octanol–water partition coefficient (Wildman–Crippen LogP) is 2.30. The van der Waals surface area contributed by atoms with E-state index in [1.807, 2.05) is 25.3 Å². The van der Waals surface area contributed by atoms with Gasteiger partial charge in [-0.05, 0) is 46.8 Å². The van der Waals surface area contributed by atoms with Crippen molar-refractivity contribution >= 4 is 12.0 Å². The van der Waals surface area contributed by atoms with E-state index in [0.29, 0.717) is 6.54 Å². The molecule has 0 bridgehead atoms. The van der Waals surface area contributed by atoms with Crippen molar-refractivity contribution in [3.63, 3.8) is 0 Å². The predicted molar refractivity (Wildman–Crippen MR) is 83.4 cm³/mol. The molecule has 0 spiro atoms. The number of hydrogen-bond donors (Lipinski definition) is 1. The lowest BCUT2D eigenvalue weighted by molar-refractivity contribution is -0.136. The Balaban J connectivity index is 1.98. The van der Waals surface area contributed by atoms with Crippen molar-refractivity contribution in [2.24, 2.45) is 0 Å². The number of nitrogens with one attached hydrogen (secondary N) is 1. The third-order valence-corrected chi connectivity index (χ3v) is 3.73. The summed E-state index contributed by atoms with van der Waals surface area (Å²) in [5, 5.41) is 2.61. The van der Waals surface area contributed by atoms with E-state index in [4.69, 9.17) is 4.74 Å². The van der Waals surface area contributed by atoms with Crippen LogP contribution in [0.1, 0.15) is 46.4 Å². The van der Waals surface area contributed by atoms with E-state index in [9.17, 15) is 9.59 Å². The number of carbonyl (C=O) groups is 2. The molecule has 1 aromatic rings. The van der Waals surface area contributed by atoms with Gasteiger partial charge in [0.2, 0.25) is 5.91 Å². The Kier molecular flexibility index (Phi) is 4.49. The number of nitrogens with zero attached hydrogens (tertiary/aromatic N) is 2. The smallest absolute Gasteiger partial charge is 0.408 e. The molecule has 1 aliphatic rings. The molecule has 6 nitrogen and oxygen atoms in total. The van der Waals surface area contributed by atoms with Crippen molar-refractivity contribution in [3.8, 4) is 0 Å². The summed E-state index contributed by atoms with van der Waals surface area (Å²) in [6.07, 6.45) is 1.46. The van der Waals surface area contributed by atoms with Gasteiger partial charge in [0.05, 0.1) is 6.04 Å². The van der Waals surface area contributed by atoms with Crippen LogP contribution in [0.4, 0.5) is 4.79 Å². The summed E-state index contributed by atoms with van der Waals surface area (Å²) in [6.45, 7) is 10.5. The Morgan fingerprint density at radius 2 is 2.05 bits per heavy atom. The third-order valence-electron chi connectivity index (χ3n) is 3.73. The molecule has 1 aliphatic heterocycles. The van der Waals surface area contributed by atoms with Gasteiger partial charge in [0.1, 0.15) is 11.6 Å².